The van der Waals surface area contributed by atoms with Crippen molar-refractivity contribution in [2.75, 3.05) is 11.9 Å². The van der Waals surface area contributed by atoms with Gasteiger partial charge in [-0.1, -0.05) is 23.2 Å². The molecular formula is C11H8Cl2N4O3S. The van der Waals surface area contributed by atoms with Crippen LogP contribution in [0, 0.1) is 6.92 Å². The molecule has 0 aliphatic rings. The molecule has 10 heteroatoms. The van der Waals surface area contributed by atoms with E-state index in [0.29, 0.717) is 5.69 Å². The number of aromatic nitrogens is 3. The maximum absolute atomic E-state index is 12.4. The van der Waals surface area contributed by atoms with Gasteiger partial charge in [-0.05, 0) is 24.5 Å². The molecule has 2 rings (SSSR count). The van der Waals surface area contributed by atoms with Crippen LogP contribution >= 0.6 is 34.7 Å². The molecule has 110 valence electrons. The summed E-state index contributed by atoms with van der Waals surface area (Å²) < 4.78 is 3.95. The third kappa shape index (κ3) is 2.97. The first-order valence-electron chi connectivity index (χ1n) is 5.49. The summed E-state index contributed by atoms with van der Waals surface area (Å²) >= 11 is 12.4. The quantitative estimate of drug-likeness (QED) is 0.917. The van der Waals surface area contributed by atoms with Crippen molar-refractivity contribution in [1.82, 2.24) is 14.6 Å². The summed E-state index contributed by atoms with van der Waals surface area (Å²) in [6, 6.07) is 1.27. The lowest BCUT2D eigenvalue weighted by molar-refractivity contribution is 0.0697. The first kappa shape index (κ1) is 15.6. The molecule has 0 fully saturated rings. The highest BCUT2D eigenvalue weighted by Gasteiger charge is 2.26. The Labute approximate surface area is 133 Å². The van der Waals surface area contributed by atoms with Crippen LogP contribution in [-0.2, 0) is 0 Å². The zero-order valence-corrected chi connectivity index (χ0v) is 13.1. The van der Waals surface area contributed by atoms with Gasteiger partial charge in [0.05, 0.1) is 11.3 Å². The van der Waals surface area contributed by atoms with E-state index in [1.807, 2.05) is 0 Å². The molecule has 0 unspecified atom stereocenters. The number of aryl methyl sites for hydroxylation is 1. The predicted molar refractivity (Wildman–Crippen MR) is 78.6 cm³/mol. The number of hydrogen-bond donors (Lipinski definition) is 1. The molecule has 0 aliphatic heterocycles. The van der Waals surface area contributed by atoms with Crippen LogP contribution in [0.5, 0.6) is 0 Å². The molecule has 7 nitrogen and oxygen atoms in total. The fraction of sp³-hybridized carbons (Fsp3) is 0.182. The summed E-state index contributed by atoms with van der Waals surface area (Å²) in [7, 11) is 1.42. The van der Waals surface area contributed by atoms with E-state index >= 15 is 0 Å². The molecule has 1 amide bonds. The van der Waals surface area contributed by atoms with Crippen LogP contribution in [0.25, 0.3) is 0 Å². The highest BCUT2D eigenvalue weighted by molar-refractivity contribution is 7.11. The van der Waals surface area contributed by atoms with Crippen molar-refractivity contribution in [1.29, 1.82) is 0 Å². The minimum absolute atomic E-state index is 0.00935. The summed E-state index contributed by atoms with van der Waals surface area (Å²) in [5, 5.41) is 16.3. The number of carbonyl (C=O) groups excluding carboxylic acids is 1. The first-order valence-corrected chi connectivity index (χ1v) is 7.02. The van der Waals surface area contributed by atoms with E-state index in [4.69, 9.17) is 23.2 Å². The Morgan fingerprint density at radius 3 is 2.62 bits per heavy atom. The number of rotatable bonds is 3. The average molecular weight is 347 g/mol. The number of amides is 1. The Morgan fingerprint density at radius 1 is 1.33 bits per heavy atom. The van der Waals surface area contributed by atoms with Crippen LogP contribution < -0.4 is 4.90 Å². The number of hydrogen-bond acceptors (Lipinski definition) is 6. The number of nitrogens with zero attached hydrogens (tertiary/aromatic N) is 4. The molecule has 0 bridgehead atoms. The highest BCUT2D eigenvalue weighted by Crippen LogP contribution is 2.29. The van der Waals surface area contributed by atoms with Gasteiger partial charge in [0, 0.05) is 7.05 Å². The Morgan fingerprint density at radius 2 is 2.00 bits per heavy atom. The highest BCUT2D eigenvalue weighted by atomic mass is 35.5. The molecule has 2 aromatic heterocycles. The van der Waals surface area contributed by atoms with Crippen molar-refractivity contribution >= 4 is 51.6 Å². The van der Waals surface area contributed by atoms with E-state index in [2.05, 4.69) is 14.6 Å². The van der Waals surface area contributed by atoms with Gasteiger partial charge < -0.3 is 10.0 Å². The van der Waals surface area contributed by atoms with Gasteiger partial charge in [-0.3, -0.25) is 4.79 Å². The lowest BCUT2D eigenvalue weighted by Crippen LogP contribution is -2.27. The van der Waals surface area contributed by atoms with Crippen LogP contribution in [-0.4, -0.2) is 38.6 Å². The van der Waals surface area contributed by atoms with Crippen LogP contribution in [0.2, 0.25) is 10.3 Å². The third-order valence-corrected chi connectivity index (χ3v) is 4.10. The maximum atomic E-state index is 12.4. The molecule has 1 N–H and O–H groups in total. The minimum atomic E-state index is -1.16. The topological polar surface area (TPSA) is 96.3 Å². The molecule has 0 spiro atoms. The average Bonchev–Trinajstić information content (AvgIpc) is 2.81. The van der Waals surface area contributed by atoms with Gasteiger partial charge in [0.15, 0.2) is 10.3 Å². The third-order valence-electron chi connectivity index (χ3n) is 2.62. The van der Waals surface area contributed by atoms with Gasteiger partial charge in [-0.15, -0.1) is 10.2 Å². The van der Waals surface area contributed by atoms with Crippen molar-refractivity contribution in [3.8, 4) is 0 Å². The van der Waals surface area contributed by atoms with E-state index in [-0.39, 0.29) is 26.4 Å². The smallest absolute Gasteiger partial charge is 0.340 e. The maximum Gasteiger partial charge on any atom is 0.340 e. The Hall–Kier alpha value is -1.77. The van der Waals surface area contributed by atoms with Crippen LogP contribution in [0.3, 0.4) is 0 Å². The van der Waals surface area contributed by atoms with E-state index in [1.54, 1.807) is 6.92 Å². The standard InChI is InChI=1S/C11H8Cl2N4O3S/c1-4-7(11(19)20)10(21-16-4)17(2)9(18)5-3-6(12)14-15-8(5)13/h3H,1-2H3,(H,19,20). The normalized spacial score (nSPS) is 10.5. The SMILES string of the molecule is Cc1nsc(N(C)C(=O)c2cc(Cl)nnc2Cl)c1C(=O)O. The summed E-state index contributed by atoms with van der Waals surface area (Å²) in [5.74, 6) is -1.71. The minimum Gasteiger partial charge on any atom is -0.478 e. The summed E-state index contributed by atoms with van der Waals surface area (Å²) in [5.41, 5.74) is 0.334. The van der Waals surface area contributed by atoms with Crippen LogP contribution in [0.1, 0.15) is 26.4 Å². The molecular weight excluding hydrogens is 339 g/mol. The zero-order chi connectivity index (χ0) is 15.7. The van der Waals surface area contributed by atoms with Crippen molar-refractivity contribution in [2.24, 2.45) is 0 Å². The van der Waals surface area contributed by atoms with Gasteiger partial charge in [0.1, 0.15) is 10.6 Å². The second kappa shape index (κ2) is 5.92. The van der Waals surface area contributed by atoms with Crippen LogP contribution in [0.4, 0.5) is 5.00 Å². The zero-order valence-electron chi connectivity index (χ0n) is 10.8. The molecule has 0 saturated carbocycles. The molecule has 21 heavy (non-hydrogen) atoms. The van der Waals surface area contributed by atoms with Crippen molar-refractivity contribution in [3.05, 3.63) is 33.2 Å². The molecule has 0 atom stereocenters. The number of carboxylic acids is 1. The Bertz CT molecular complexity index is 734. The number of halogens is 2. The van der Waals surface area contributed by atoms with Gasteiger partial charge >= 0.3 is 5.97 Å². The van der Waals surface area contributed by atoms with Gasteiger partial charge in [-0.25, -0.2) is 4.79 Å². The Balaban J connectivity index is 2.45. The summed E-state index contributed by atoms with van der Waals surface area (Å²) in [6.45, 7) is 1.56. The lowest BCUT2D eigenvalue weighted by Gasteiger charge is -2.16. The first-order chi connectivity index (χ1) is 9.82. The van der Waals surface area contributed by atoms with Crippen molar-refractivity contribution in [2.45, 2.75) is 6.92 Å². The molecule has 0 aliphatic carbocycles. The van der Waals surface area contributed by atoms with E-state index in [9.17, 15) is 14.7 Å². The van der Waals surface area contributed by atoms with Crippen LogP contribution in [0.15, 0.2) is 6.07 Å². The number of carboxylic acid groups (broad SMARTS) is 1. The van der Waals surface area contributed by atoms with Crippen molar-refractivity contribution < 1.29 is 14.7 Å². The number of carbonyl (C=O) groups is 2. The second-order valence-electron chi connectivity index (χ2n) is 3.99. The molecule has 2 heterocycles. The number of aromatic carboxylic acids is 1. The van der Waals surface area contributed by atoms with E-state index in [0.717, 1.165) is 16.4 Å². The van der Waals surface area contributed by atoms with Gasteiger partial charge in [0.2, 0.25) is 0 Å². The number of anilines is 1. The van der Waals surface area contributed by atoms with Gasteiger partial charge in [-0.2, -0.15) is 4.37 Å². The second-order valence-corrected chi connectivity index (χ2v) is 5.49. The lowest BCUT2D eigenvalue weighted by atomic mass is 10.2. The Kier molecular flexibility index (Phi) is 4.40. The monoisotopic (exact) mass is 346 g/mol. The molecule has 0 aromatic carbocycles. The predicted octanol–water partition coefficient (Wildman–Crippen LogP) is 2.52. The summed E-state index contributed by atoms with van der Waals surface area (Å²) in [4.78, 5) is 24.8. The molecule has 2 aromatic rings. The fourth-order valence-corrected chi connectivity index (χ4v) is 2.78. The van der Waals surface area contributed by atoms with E-state index in [1.165, 1.54) is 13.1 Å². The van der Waals surface area contributed by atoms with E-state index < -0.39 is 11.9 Å². The van der Waals surface area contributed by atoms with Gasteiger partial charge in [0.25, 0.3) is 5.91 Å². The fourth-order valence-electron chi connectivity index (χ4n) is 1.61. The van der Waals surface area contributed by atoms with Crippen molar-refractivity contribution in [3.63, 3.8) is 0 Å². The summed E-state index contributed by atoms with van der Waals surface area (Å²) in [6.07, 6.45) is 0. The molecule has 0 radical (unpaired) electrons. The largest absolute Gasteiger partial charge is 0.478 e. The molecule has 0 saturated heterocycles.